The normalized spacial score (nSPS) is 17.6. The molecule has 1 aliphatic rings. The Kier molecular flexibility index (Phi) is 3.89. The first-order valence-corrected chi connectivity index (χ1v) is 6.03. The van der Waals surface area contributed by atoms with Gasteiger partial charge < -0.3 is 11.1 Å². The molecule has 2 rings (SSSR count). The number of anilines is 1. The standard InChI is InChI=1S/C12H17N5/c13-7-10-5-6-15-12(16-10)17-11(8-14)9-3-1-2-4-9/h5-6,9,11H,1-4,8,14H2,(H,15,16,17). The summed E-state index contributed by atoms with van der Waals surface area (Å²) in [4.78, 5) is 8.23. The Labute approximate surface area is 101 Å². The molecular formula is C12H17N5. The third-order valence-electron chi connectivity index (χ3n) is 3.31. The minimum absolute atomic E-state index is 0.214. The highest BCUT2D eigenvalue weighted by Gasteiger charge is 2.24. The lowest BCUT2D eigenvalue weighted by molar-refractivity contribution is 0.460. The number of nitrogens with two attached hydrogens (primary N) is 1. The van der Waals surface area contributed by atoms with Crippen LogP contribution in [0.15, 0.2) is 12.3 Å². The molecule has 1 aromatic rings. The van der Waals surface area contributed by atoms with Crippen molar-refractivity contribution in [1.29, 1.82) is 5.26 Å². The first kappa shape index (κ1) is 11.8. The maximum atomic E-state index is 8.77. The molecule has 0 amide bonds. The van der Waals surface area contributed by atoms with Crippen LogP contribution in [-0.2, 0) is 0 Å². The van der Waals surface area contributed by atoms with Crippen molar-refractivity contribution in [3.8, 4) is 6.07 Å². The molecule has 0 bridgehead atoms. The summed E-state index contributed by atoms with van der Waals surface area (Å²) in [6.45, 7) is 0.574. The summed E-state index contributed by atoms with van der Waals surface area (Å²) < 4.78 is 0. The second kappa shape index (κ2) is 5.60. The van der Waals surface area contributed by atoms with Gasteiger partial charge in [0.25, 0.3) is 0 Å². The molecule has 0 aliphatic heterocycles. The van der Waals surface area contributed by atoms with Crippen molar-refractivity contribution in [3.63, 3.8) is 0 Å². The third kappa shape index (κ3) is 2.92. The van der Waals surface area contributed by atoms with Crippen LogP contribution in [0.5, 0.6) is 0 Å². The largest absolute Gasteiger partial charge is 0.350 e. The third-order valence-corrected chi connectivity index (χ3v) is 3.31. The van der Waals surface area contributed by atoms with Gasteiger partial charge in [-0.15, -0.1) is 0 Å². The molecule has 1 saturated carbocycles. The molecule has 1 fully saturated rings. The molecule has 1 heterocycles. The van der Waals surface area contributed by atoms with E-state index in [-0.39, 0.29) is 6.04 Å². The lowest BCUT2D eigenvalue weighted by Gasteiger charge is -2.22. The van der Waals surface area contributed by atoms with Gasteiger partial charge in [-0.1, -0.05) is 12.8 Å². The average molecular weight is 231 g/mol. The van der Waals surface area contributed by atoms with Crippen molar-refractivity contribution in [1.82, 2.24) is 9.97 Å². The van der Waals surface area contributed by atoms with Crippen LogP contribution in [0, 0.1) is 17.2 Å². The highest BCUT2D eigenvalue weighted by molar-refractivity contribution is 5.31. The summed E-state index contributed by atoms with van der Waals surface area (Å²) in [5.41, 5.74) is 6.17. The number of hydrogen-bond donors (Lipinski definition) is 2. The number of nitriles is 1. The highest BCUT2D eigenvalue weighted by Crippen LogP contribution is 2.28. The number of aromatic nitrogens is 2. The van der Waals surface area contributed by atoms with Crippen molar-refractivity contribution in [2.45, 2.75) is 31.7 Å². The summed E-state index contributed by atoms with van der Waals surface area (Å²) in [5, 5.41) is 12.0. The second-order valence-corrected chi connectivity index (χ2v) is 4.41. The molecule has 90 valence electrons. The SMILES string of the molecule is N#Cc1ccnc(NC(CN)C2CCCC2)n1. The first-order valence-electron chi connectivity index (χ1n) is 6.03. The number of nitrogens with zero attached hydrogens (tertiary/aromatic N) is 3. The van der Waals surface area contributed by atoms with E-state index < -0.39 is 0 Å². The molecule has 0 spiro atoms. The molecule has 17 heavy (non-hydrogen) atoms. The molecule has 1 aromatic heterocycles. The Balaban J connectivity index is 2.04. The quantitative estimate of drug-likeness (QED) is 0.815. The average Bonchev–Trinajstić information content (AvgIpc) is 2.90. The van der Waals surface area contributed by atoms with E-state index in [9.17, 15) is 0 Å². The molecule has 5 nitrogen and oxygen atoms in total. The number of rotatable bonds is 4. The van der Waals surface area contributed by atoms with Crippen LogP contribution < -0.4 is 11.1 Å². The van der Waals surface area contributed by atoms with E-state index in [2.05, 4.69) is 15.3 Å². The van der Waals surface area contributed by atoms with Gasteiger partial charge in [-0.05, 0) is 24.8 Å². The van der Waals surface area contributed by atoms with E-state index in [1.54, 1.807) is 12.3 Å². The highest BCUT2D eigenvalue weighted by atomic mass is 15.1. The van der Waals surface area contributed by atoms with Gasteiger partial charge in [-0.25, -0.2) is 9.97 Å². The van der Waals surface area contributed by atoms with Crippen LogP contribution in [0.2, 0.25) is 0 Å². The first-order chi connectivity index (χ1) is 8.33. The summed E-state index contributed by atoms with van der Waals surface area (Å²) in [6.07, 6.45) is 6.58. The van der Waals surface area contributed by atoms with Gasteiger partial charge in [0.15, 0.2) is 0 Å². The van der Waals surface area contributed by atoms with Crippen molar-refractivity contribution in [3.05, 3.63) is 18.0 Å². The van der Waals surface area contributed by atoms with E-state index >= 15 is 0 Å². The monoisotopic (exact) mass is 231 g/mol. The van der Waals surface area contributed by atoms with Gasteiger partial charge in [0.05, 0.1) is 0 Å². The number of hydrogen-bond acceptors (Lipinski definition) is 5. The minimum Gasteiger partial charge on any atom is -0.350 e. The Morgan fingerprint density at radius 2 is 2.29 bits per heavy atom. The van der Waals surface area contributed by atoms with Crippen molar-refractivity contribution in [2.24, 2.45) is 11.7 Å². The Bertz CT molecular complexity index is 406. The fourth-order valence-electron chi connectivity index (χ4n) is 2.39. The molecule has 1 atom stereocenters. The van der Waals surface area contributed by atoms with E-state index in [4.69, 9.17) is 11.0 Å². The minimum atomic E-state index is 0.214. The molecule has 0 aromatic carbocycles. The van der Waals surface area contributed by atoms with Crippen LogP contribution >= 0.6 is 0 Å². The Morgan fingerprint density at radius 3 is 2.94 bits per heavy atom. The van der Waals surface area contributed by atoms with Gasteiger partial charge >= 0.3 is 0 Å². The van der Waals surface area contributed by atoms with Crippen molar-refractivity contribution in [2.75, 3.05) is 11.9 Å². The predicted octanol–water partition coefficient (Wildman–Crippen LogP) is 1.28. The number of nitrogens with one attached hydrogen (secondary N) is 1. The smallest absolute Gasteiger partial charge is 0.224 e. The molecule has 5 heteroatoms. The maximum Gasteiger partial charge on any atom is 0.224 e. The van der Waals surface area contributed by atoms with E-state index in [1.807, 2.05) is 6.07 Å². The van der Waals surface area contributed by atoms with Crippen LogP contribution in [0.25, 0.3) is 0 Å². The van der Waals surface area contributed by atoms with Gasteiger partial charge in [0.1, 0.15) is 11.8 Å². The zero-order chi connectivity index (χ0) is 12.1. The lowest BCUT2D eigenvalue weighted by Crippen LogP contribution is -2.35. The Morgan fingerprint density at radius 1 is 1.53 bits per heavy atom. The van der Waals surface area contributed by atoms with Crippen LogP contribution in [0.3, 0.4) is 0 Å². The molecule has 0 saturated heterocycles. The predicted molar refractivity (Wildman–Crippen MR) is 65.2 cm³/mol. The molecule has 0 radical (unpaired) electrons. The zero-order valence-corrected chi connectivity index (χ0v) is 9.76. The maximum absolute atomic E-state index is 8.77. The molecular weight excluding hydrogens is 214 g/mol. The van der Waals surface area contributed by atoms with Crippen LogP contribution in [0.4, 0.5) is 5.95 Å². The van der Waals surface area contributed by atoms with Crippen molar-refractivity contribution >= 4 is 5.95 Å². The van der Waals surface area contributed by atoms with Gasteiger partial charge in [-0.3, -0.25) is 0 Å². The van der Waals surface area contributed by atoms with E-state index in [0.29, 0.717) is 24.1 Å². The fraction of sp³-hybridized carbons (Fsp3) is 0.583. The topological polar surface area (TPSA) is 87.6 Å². The van der Waals surface area contributed by atoms with Gasteiger partial charge in [-0.2, -0.15) is 5.26 Å². The summed E-state index contributed by atoms with van der Waals surface area (Å²) in [6, 6.07) is 3.82. The molecule has 1 unspecified atom stereocenters. The summed E-state index contributed by atoms with van der Waals surface area (Å²) in [7, 11) is 0. The van der Waals surface area contributed by atoms with E-state index in [1.165, 1.54) is 25.7 Å². The zero-order valence-electron chi connectivity index (χ0n) is 9.76. The molecule has 1 aliphatic carbocycles. The van der Waals surface area contributed by atoms with Crippen LogP contribution in [-0.4, -0.2) is 22.6 Å². The summed E-state index contributed by atoms with van der Waals surface area (Å²) >= 11 is 0. The molecule has 3 N–H and O–H groups in total. The Hall–Kier alpha value is -1.67. The van der Waals surface area contributed by atoms with E-state index in [0.717, 1.165) is 0 Å². The van der Waals surface area contributed by atoms with Crippen molar-refractivity contribution < 1.29 is 0 Å². The summed E-state index contributed by atoms with van der Waals surface area (Å²) in [5.74, 6) is 1.11. The lowest BCUT2D eigenvalue weighted by atomic mass is 9.98. The second-order valence-electron chi connectivity index (χ2n) is 4.41. The van der Waals surface area contributed by atoms with Crippen LogP contribution in [0.1, 0.15) is 31.4 Å². The van der Waals surface area contributed by atoms with Gasteiger partial charge in [0.2, 0.25) is 5.95 Å². The fourth-order valence-corrected chi connectivity index (χ4v) is 2.39. The van der Waals surface area contributed by atoms with Gasteiger partial charge in [0, 0.05) is 18.8 Å².